The van der Waals surface area contributed by atoms with Crippen molar-refractivity contribution in [1.82, 2.24) is 0 Å². The molecule has 1 saturated heterocycles. The molecule has 0 radical (unpaired) electrons. The number of rotatable bonds is 6. The first-order chi connectivity index (χ1) is 7.63. The molecule has 1 aliphatic heterocycles. The highest BCUT2D eigenvalue weighted by Crippen LogP contribution is 2.38. The van der Waals surface area contributed by atoms with E-state index >= 15 is 0 Å². The highest BCUT2D eigenvalue weighted by Gasteiger charge is 2.40. The van der Waals surface area contributed by atoms with Gasteiger partial charge in [-0.15, -0.1) is 0 Å². The fraction of sp³-hybridized carbons (Fsp3) is 0.929. The zero-order valence-electron chi connectivity index (χ0n) is 11.1. The average Bonchev–Trinajstić information content (AvgIpc) is 2.56. The van der Waals surface area contributed by atoms with Gasteiger partial charge in [0.25, 0.3) is 0 Å². The molecule has 1 fully saturated rings. The van der Waals surface area contributed by atoms with E-state index in [4.69, 9.17) is 4.74 Å². The van der Waals surface area contributed by atoms with Gasteiger partial charge in [-0.05, 0) is 24.2 Å². The molecular weight excluding hydrogens is 200 g/mol. The van der Waals surface area contributed by atoms with E-state index in [-0.39, 0.29) is 6.10 Å². The Hall–Kier alpha value is -0.370. The quantitative estimate of drug-likeness (QED) is 0.648. The zero-order valence-corrected chi connectivity index (χ0v) is 11.1. The normalized spacial score (nSPS) is 36.2. The Bertz CT molecular complexity index is 215. The molecule has 2 unspecified atom stereocenters. The van der Waals surface area contributed by atoms with Crippen LogP contribution in [0.25, 0.3) is 0 Å². The molecule has 16 heavy (non-hydrogen) atoms. The smallest absolute Gasteiger partial charge is 0.122 e. The molecule has 0 aromatic rings. The summed E-state index contributed by atoms with van der Waals surface area (Å²) < 4.78 is 6.06. The fourth-order valence-corrected chi connectivity index (χ4v) is 2.86. The predicted molar refractivity (Wildman–Crippen MR) is 66.4 cm³/mol. The molecule has 1 rings (SSSR count). The Kier molecular flexibility index (Phi) is 5.47. The molecule has 0 aromatic carbocycles. The topological polar surface area (TPSA) is 26.3 Å². The van der Waals surface area contributed by atoms with E-state index < -0.39 is 0 Å². The van der Waals surface area contributed by atoms with E-state index in [1.165, 1.54) is 6.42 Å². The highest BCUT2D eigenvalue weighted by molar-refractivity contribution is 5.50. The maximum atomic E-state index is 10.6. The second-order valence-electron chi connectivity index (χ2n) is 5.30. The standard InChI is InChI=1S/C14H26O2/c1-5-10(3)9-14-11(4)12(6-2)13(16-14)7-8-15/h8,10-14H,5-7,9H2,1-4H3/t10?,11-,12-,13+,14?/m1/s1. The molecule has 0 N–H and O–H groups in total. The van der Waals surface area contributed by atoms with E-state index in [1.54, 1.807) is 0 Å². The Labute approximate surface area is 99.8 Å². The summed E-state index contributed by atoms with van der Waals surface area (Å²) in [5.41, 5.74) is 0. The molecule has 1 aliphatic rings. The van der Waals surface area contributed by atoms with Crippen LogP contribution in [-0.4, -0.2) is 18.5 Å². The van der Waals surface area contributed by atoms with Gasteiger partial charge in [-0.2, -0.15) is 0 Å². The van der Waals surface area contributed by atoms with Crippen molar-refractivity contribution in [1.29, 1.82) is 0 Å². The molecule has 1 heterocycles. The minimum Gasteiger partial charge on any atom is -0.374 e. The van der Waals surface area contributed by atoms with Gasteiger partial charge in [0.05, 0.1) is 12.2 Å². The maximum absolute atomic E-state index is 10.6. The second-order valence-corrected chi connectivity index (χ2v) is 5.30. The fourth-order valence-electron chi connectivity index (χ4n) is 2.86. The molecule has 94 valence electrons. The van der Waals surface area contributed by atoms with E-state index in [0.29, 0.717) is 24.4 Å². The lowest BCUT2D eigenvalue weighted by Crippen LogP contribution is -2.20. The largest absolute Gasteiger partial charge is 0.374 e. The lowest BCUT2D eigenvalue weighted by Gasteiger charge is -2.20. The van der Waals surface area contributed by atoms with E-state index in [1.807, 2.05) is 0 Å². The Morgan fingerprint density at radius 3 is 2.50 bits per heavy atom. The number of carbonyl (C=O) groups is 1. The van der Waals surface area contributed by atoms with E-state index in [0.717, 1.165) is 25.0 Å². The third-order valence-electron chi connectivity index (χ3n) is 4.22. The van der Waals surface area contributed by atoms with Crippen LogP contribution in [0.15, 0.2) is 0 Å². The SMILES string of the molecule is CCC(C)CC1O[C@@H](CC=O)[C@H](CC)[C@H]1C. The van der Waals surface area contributed by atoms with Gasteiger partial charge in [-0.1, -0.05) is 40.5 Å². The Balaban J connectivity index is 2.58. The molecule has 0 spiro atoms. The molecule has 2 heteroatoms. The van der Waals surface area contributed by atoms with Gasteiger partial charge >= 0.3 is 0 Å². The predicted octanol–water partition coefficient (Wildman–Crippen LogP) is 3.44. The van der Waals surface area contributed by atoms with Crippen LogP contribution in [-0.2, 0) is 9.53 Å². The zero-order chi connectivity index (χ0) is 12.1. The lowest BCUT2D eigenvalue weighted by molar-refractivity contribution is -0.110. The van der Waals surface area contributed by atoms with Crippen LogP contribution >= 0.6 is 0 Å². The summed E-state index contributed by atoms with van der Waals surface area (Å²) in [6.07, 6.45) is 5.59. The number of hydrogen-bond donors (Lipinski definition) is 0. The molecule has 0 aromatic heterocycles. The Morgan fingerprint density at radius 2 is 2.00 bits per heavy atom. The van der Waals surface area contributed by atoms with E-state index in [9.17, 15) is 4.79 Å². The van der Waals surface area contributed by atoms with Crippen molar-refractivity contribution in [2.75, 3.05) is 0 Å². The number of aldehydes is 1. The van der Waals surface area contributed by atoms with Crippen LogP contribution in [0.3, 0.4) is 0 Å². The van der Waals surface area contributed by atoms with Gasteiger partial charge in [-0.3, -0.25) is 0 Å². The van der Waals surface area contributed by atoms with Crippen molar-refractivity contribution in [3.8, 4) is 0 Å². The molecule has 2 nitrogen and oxygen atoms in total. The van der Waals surface area contributed by atoms with Crippen molar-refractivity contribution < 1.29 is 9.53 Å². The van der Waals surface area contributed by atoms with Crippen LogP contribution in [0.5, 0.6) is 0 Å². The van der Waals surface area contributed by atoms with Gasteiger partial charge in [0.1, 0.15) is 6.29 Å². The van der Waals surface area contributed by atoms with Crippen molar-refractivity contribution in [3.05, 3.63) is 0 Å². The molecule has 0 aliphatic carbocycles. The second kappa shape index (κ2) is 6.39. The summed E-state index contributed by atoms with van der Waals surface area (Å²) in [4.78, 5) is 10.6. The minimum absolute atomic E-state index is 0.173. The molecular formula is C14H26O2. The van der Waals surface area contributed by atoms with Gasteiger partial charge in [0, 0.05) is 6.42 Å². The molecule has 0 amide bonds. The van der Waals surface area contributed by atoms with Crippen LogP contribution in [0, 0.1) is 17.8 Å². The van der Waals surface area contributed by atoms with Crippen LogP contribution in [0.2, 0.25) is 0 Å². The monoisotopic (exact) mass is 226 g/mol. The maximum Gasteiger partial charge on any atom is 0.122 e. The van der Waals surface area contributed by atoms with Crippen molar-refractivity contribution in [2.24, 2.45) is 17.8 Å². The van der Waals surface area contributed by atoms with Gasteiger partial charge in [0.2, 0.25) is 0 Å². The minimum atomic E-state index is 0.173. The highest BCUT2D eigenvalue weighted by atomic mass is 16.5. The van der Waals surface area contributed by atoms with Crippen molar-refractivity contribution >= 4 is 6.29 Å². The van der Waals surface area contributed by atoms with Crippen LogP contribution < -0.4 is 0 Å². The van der Waals surface area contributed by atoms with Gasteiger partial charge in [-0.25, -0.2) is 0 Å². The van der Waals surface area contributed by atoms with Crippen LogP contribution in [0.4, 0.5) is 0 Å². The summed E-state index contributed by atoms with van der Waals surface area (Å²) in [7, 11) is 0. The van der Waals surface area contributed by atoms with Gasteiger partial charge < -0.3 is 9.53 Å². The number of ether oxygens (including phenoxy) is 1. The van der Waals surface area contributed by atoms with Crippen molar-refractivity contribution in [2.45, 2.75) is 65.6 Å². The summed E-state index contributed by atoms with van der Waals surface area (Å²) in [6.45, 7) is 8.99. The number of carbonyl (C=O) groups excluding carboxylic acids is 1. The van der Waals surface area contributed by atoms with Gasteiger partial charge in [0.15, 0.2) is 0 Å². The Morgan fingerprint density at radius 1 is 1.31 bits per heavy atom. The summed E-state index contributed by atoms with van der Waals surface area (Å²) >= 11 is 0. The summed E-state index contributed by atoms with van der Waals surface area (Å²) in [5.74, 6) is 1.89. The average molecular weight is 226 g/mol. The van der Waals surface area contributed by atoms with E-state index in [2.05, 4.69) is 27.7 Å². The molecule has 5 atom stereocenters. The third-order valence-corrected chi connectivity index (χ3v) is 4.22. The first-order valence-corrected chi connectivity index (χ1v) is 6.73. The lowest BCUT2D eigenvalue weighted by atomic mass is 9.83. The third kappa shape index (κ3) is 3.07. The van der Waals surface area contributed by atoms with Crippen molar-refractivity contribution in [3.63, 3.8) is 0 Å². The number of hydrogen-bond acceptors (Lipinski definition) is 2. The first-order valence-electron chi connectivity index (χ1n) is 6.73. The molecule has 0 saturated carbocycles. The first kappa shape index (κ1) is 13.7. The van der Waals surface area contributed by atoms with Crippen LogP contribution in [0.1, 0.15) is 53.4 Å². The summed E-state index contributed by atoms with van der Waals surface area (Å²) in [5, 5.41) is 0. The molecule has 0 bridgehead atoms. The summed E-state index contributed by atoms with van der Waals surface area (Å²) in [6, 6.07) is 0.